The number of hydrogen-bond donors (Lipinski definition) is 3. The number of aliphatic hydroxyl groups excluding tert-OH is 2. The first-order chi connectivity index (χ1) is 13.3. The Balaban J connectivity index is 2.32. The smallest absolute Gasteiger partial charge is 0.330 e. The van der Waals surface area contributed by atoms with Gasteiger partial charge in [0.1, 0.15) is 18.3 Å². The highest BCUT2D eigenvalue weighted by molar-refractivity contribution is 7.72. The summed E-state index contributed by atoms with van der Waals surface area (Å²) in [5.41, 5.74) is -1.16. The highest BCUT2D eigenvalue weighted by Crippen LogP contribution is 2.40. The van der Waals surface area contributed by atoms with E-state index in [1.165, 1.54) is 24.7 Å². The van der Waals surface area contributed by atoms with Crippen LogP contribution in [0, 0.1) is 5.92 Å². The molecule has 1 aliphatic rings. The molecule has 5 atom stereocenters. The van der Waals surface area contributed by atoms with Crippen LogP contribution in [-0.2, 0) is 23.1 Å². The topological polar surface area (TPSA) is 131 Å². The van der Waals surface area contributed by atoms with Crippen molar-refractivity contribution in [3.8, 4) is 0 Å². The van der Waals surface area contributed by atoms with E-state index in [2.05, 4.69) is 19.6 Å². The van der Waals surface area contributed by atoms with Crippen LogP contribution in [0.4, 0.5) is 0 Å². The van der Waals surface area contributed by atoms with E-state index < -0.39 is 54.4 Å². The molecule has 164 valence electrons. The fourth-order valence-electron chi connectivity index (χ4n) is 3.31. The first-order valence-electron chi connectivity index (χ1n) is 9.55. The first-order valence-corrected chi connectivity index (χ1v) is 12.6. The van der Waals surface area contributed by atoms with Crippen molar-refractivity contribution < 1.29 is 24.9 Å². The van der Waals surface area contributed by atoms with Crippen molar-refractivity contribution in [3.05, 3.63) is 32.6 Å². The van der Waals surface area contributed by atoms with Crippen LogP contribution in [0.3, 0.4) is 0 Å². The molecule has 1 unspecified atom stereocenters. The number of aryl methyl sites for hydroxylation is 1. The molecule has 0 aliphatic carbocycles. The summed E-state index contributed by atoms with van der Waals surface area (Å²) in [6, 6.07) is 0. The SMILES string of the molecule is C=P(C)(C)CC[C@H]1O[C@@H](c2cn(C)c(=O)n(CCC(C)C(=O)O)c2=O)[C@H](O)[C@@H]1O. The first kappa shape index (κ1) is 23.6. The van der Waals surface area contributed by atoms with E-state index in [0.717, 1.165) is 10.7 Å². The number of ether oxygens (including phenoxy) is 1. The number of carboxylic acids is 1. The average molecular weight is 430 g/mol. The lowest BCUT2D eigenvalue weighted by Crippen LogP contribution is -2.42. The monoisotopic (exact) mass is 430 g/mol. The Hall–Kier alpha value is -1.67. The molecule has 2 heterocycles. The van der Waals surface area contributed by atoms with Gasteiger partial charge in [-0.15, -0.1) is 13.2 Å². The zero-order chi connectivity index (χ0) is 22.1. The fourth-order valence-corrected chi connectivity index (χ4v) is 4.27. The summed E-state index contributed by atoms with van der Waals surface area (Å²) < 4.78 is 7.98. The maximum atomic E-state index is 12.9. The third-order valence-corrected chi connectivity index (χ3v) is 6.72. The van der Waals surface area contributed by atoms with Crippen molar-refractivity contribution in [2.75, 3.05) is 19.5 Å². The molecule has 0 saturated carbocycles. The van der Waals surface area contributed by atoms with Crippen LogP contribution < -0.4 is 11.2 Å². The van der Waals surface area contributed by atoms with Crippen molar-refractivity contribution in [2.24, 2.45) is 13.0 Å². The van der Waals surface area contributed by atoms with Gasteiger partial charge in [-0.2, -0.15) is 0 Å². The van der Waals surface area contributed by atoms with Gasteiger partial charge in [-0.05, 0) is 32.3 Å². The molecule has 1 aromatic heterocycles. The van der Waals surface area contributed by atoms with E-state index in [1.54, 1.807) is 0 Å². The molecule has 0 bridgehead atoms. The third-order valence-electron chi connectivity index (χ3n) is 5.25. The summed E-state index contributed by atoms with van der Waals surface area (Å²) in [6.45, 7) is 4.21. The van der Waals surface area contributed by atoms with Crippen LogP contribution >= 0.6 is 6.89 Å². The standard InChI is InChI=1S/C19H31N2O7P/c1-11(18(25)26)6-8-21-17(24)12(10-20(2)19(21)27)16-15(23)14(22)13(28-16)7-9-29(3,4)5/h10-11,13-16,22-23H,3,6-9H2,1-2,4-5H3,(H,25,26)/t11?,13-,14-,15-,16+/m1/s1. The van der Waals surface area contributed by atoms with Crippen molar-refractivity contribution in [3.63, 3.8) is 0 Å². The van der Waals surface area contributed by atoms with E-state index in [0.29, 0.717) is 6.42 Å². The predicted molar refractivity (Wildman–Crippen MR) is 112 cm³/mol. The lowest BCUT2D eigenvalue weighted by molar-refractivity contribution is -0.141. The van der Waals surface area contributed by atoms with E-state index in [-0.39, 0.29) is 18.5 Å². The van der Waals surface area contributed by atoms with Gasteiger partial charge >= 0.3 is 11.7 Å². The van der Waals surface area contributed by atoms with Gasteiger partial charge in [0.15, 0.2) is 0 Å². The predicted octanol–water partition coefficient (Wildman–Crippen LogP) is -0.0812. The van der Waals surface area contributed by atoms with Crippen LogP contribution in [-0.4, -0.2) is 74.5 Å². The van der Waals surface area contributed by atoms with Gasteiger partial charge in [-0.1, -0.05) is 6.92 Å². The number of carboxylic acid groups (broad SMARTS) is 1. The molecule has 29 heavy (non-hydrogen) atoms. The summed E-state index contributed by atoms with van der Waals surface area (Å²) in [4.78, 5) is 36.3. The Morgan fingerprint density at radius 1 is 1.31 bits per heavy atom. The van der Waals surface area contributed by atoms with Gasteiger partial charge in [0.05, 0.1) is 17.6 Å². The Morgan fingerprint density at radius 2 is 1.93 bits per heavy atom. The average Bonchev–Trinajstić information content (AvgIpc) is 2.90. The highest BCUT2D eigenvalue weighted by Gasteiger charge is 2.44. The molecule has 3 N–H and O–H groups in total. The Labute approximate surface area is 169 Å². The van der Waals surface area contributed by atoms with E-state index in [4.69, 9.17) is 9.84 Å². The van der Waals surface area contributed by atoms with Gasteiger partial charge in [0, 0.05) is 19.8 Å². The Kier molecular flexibility index (Phi) is 7.32. The van der Waals surface area contributed by atoms with Gasteiger partial charge in [0.2, 0.25) is 0 Å². The summed E-state index contributed by atoms with van der Waals surface area (Å²) in [5.74, 6) is -1.73. The van der Waals surface area contributed by atoms with Crippen LogP contribution in [0.2, 0.25) is 0 Å². The zero-order valence-corrected chi connectivity index (χ0v) is 18.2. The fraction of sp³-hybridized carbons (Fsp3) is 0.684. The molecular weight excluding hydrogens is 399 g/mol. The number of aliphatic hydroxyl groups is 2. The Bertz CT molecular complexity index is 916. The van der Waals surface area contributed by atoms with Crippen molar-refractivity contribution >= 4 is 19.2 Å². The van der Waals surface area contributed by atoms with Crippen molar-refractivity contribution in [2.45, 2.75) is 50.7 Å². The molecule has 0 radical (unpaired) electrons. The second-order valence-corrected chi connectivity index (χ2v) is 12.8. The number of aliphatic carboxylic acids is 1. The summed E-state index contributed by atoms with van der Waals surface area (Å²) in [6.07, 6.45) is 2.66. The second kappa shape index (κ2) is 9.00. The van der Waals surface area contributed by atoms with Crippen LogP contribution in [0.15, 0.2) is 15.8 Å². The minimum Gasteiger partial charge on any atom is -0.481 e. The maximum Gasteiger partial charge on any atom is 0.330 e. The summed E-state index contributed by atoms with van der Waals surface area (Å²) in [7, 11) is 1.47. The molecule has 1 aliphatic heterocycles. The quantitative estimate of drug-likeness (QED) is 0.492. The maximum absolute atomic E-state index is 12.9. The zero-order valence-electron chi connectivity index (χ0n) is 17.3. The number of hydrogen-bond acceptors (Lipinski definition) is 6. The molecule has 0 amide bonds. The molecule has 9 nitrogen and oxygen atoms in total. The third kappa shape index (κ3) is 5.48. The molecule has 0 spiro atoms. The van der Waals surface area contributed by atoms with Crippen molar-refractivity contribution in [1.29, 1.82) is 0 Å². The summed E-state index contributed by atoms with van der Waals surface area (Å²) in [5, 5.41) is 29.9. The molecule has 1 saturated heterocycles. The lowest BCUT2D eigenvalue weighted by atomic mass is 10.0. The number of nitrogens with zero attached hydrogens (tertiary/aromatic N) is 2. The van der Waals surface area contributed by atoms with Crippen molar-refractivity contribution in [1.82, 2.24) is 9.13 Å². The van der Waals surface area contributed by atoms with Gasteiger partial charge < -0.3 is 24.6 Å². The van der Waals surface area contributed by atoms with Gasteiger partial charge in [0.25, 0.3) is 5.56 Å². The van der Waals surface area contributed by atoms with Gasteiger partial charge in [-0.3, -0.25) is 14.2 Å². The van der Waals surface area contributed by atoms with E-state index >= 15 is 0 Å². The molecule has 10 heteroatoms. The minimum absolute atomic E-state index is 0.0628. The number of carbonyl (C=O) groups is 1. The molecule has 2 rings (SSSR count). The second-order valence-electron chi connectivity index (χ2n) is 8.49. The normalized spacial score (nSPS) is 25.9. The lowest BCUT2D eigenvalue weighted by Gasteiger charge is -2.19. The van der Waals surface area contributed by atoms with Crippen LogP contribution in [0.1, 0.15) is 31.4 Å². The van der Waals surface area contributed by atoms with E-state index in [1.807, 2.05) is 0 Å². The Morgan fingerprint density at radius 3 is 2.48 bits per heavy atom. The number of rotatable bonds is 8. The molecule has 1 aromatic rings. The largest absolute Gasteiger partial charge is 0.481 e. The molecule has 1 fully saturated rings. The van der Waals surface area contributed by atoms with E-state index in [9.17, 15) is 24.6 Å². The summed E-state index contributed by atoms with van der Waals surface area (Å²) >= 11 is 0. The molecular formula is C19H31N2O7P. The van der Waals surface area contributed by atoms with Crippen LogP contribution in [0.5, 0.6) is 0 Å². The van der Waals surface area contributed by atoms with Gasteiger partial charge in [-0.25, -0.2) is 4.79 Å². The number of aromatic nitrogens is 2. The van der Waals surface area contributed by atoms with Crippen LogP contribution in [0.25, 0.3) is 0 Å². The molecule has 0 aromatic carbocycles. The highest BCUT2D eigenvalue weighted by atomic mass is 31.2. The minimum atomic E-state index is -1.35.